The maximum atomic E-state index is 12.9. The standard InChI is InChI=1S/C58H98N2O46/c1-12(68)59-23-32(77)44(19(8-66)92-50(23)89)101-51-24(60-13(2)69)33(78)45(20(9-67)98-51)102-55-43(88)46(103-57-49(39(84)29(74)17(6-64)96-57)106-58-48(38(83)28(73)18(7-65)97-58)105-54-42(87)35(80)26(71)15(4-62)94-54)31(76)22(100-55)11-90-52-40(85)36(81)30(75)21(99-52)10-91-56-47(37(82)27(72)16(5-63)95-56)104-53-41(86)34(79)25(70)14(3-61)93-53/h14-58,61-67,70-89H,3-11H2,1-2H3,(H,59,68)(H,60,69)/t14-,15-,16-,17-,18-,19-,20-,21-,22-,23-,24-,25-,26-,27-,28-,29-,30-,31-,32-,33-,34+,35+,36+,37+,38+,39+,40+,41+,42+,43+,44-,45-,46+,47+,48+,49+,50-,51+,52+,53-,54-,55-,56+,57-,58-/m1/s1. The number of amides is 2. The van der Waals surface area contributed by atoms with Gasteiger partial charge in [-0.3, -0.25) is 9.59 Å². The zero-order chi connectivity index (χ0) is 77.9. The van der Waals surface area contributed by atoms with Crippen LogP contribution in [0.2, 0.25) is 0 Å². The Labute approximate surface area is 598 Å². The van der Waals surface area contributed by atoms with Gasteiger partial charge in [0, 0.05) is 13.8 Å². The Morgan fingerprint density at radius 3 is 0.953 bits per heavy atom. The second-order valence-corrected chi connectivity index (χ2v) is 26.7. The van der Waals surface area contributed by atoms with Crippen LogP contribution in [-0.4, -0.2) is 485 Å². The zero-order valence-electron chi connectivity index (χ0n) is 56.2. The van der Waals surface area contributed by atoms with Crippen LogP contribution in [0.5, 0.6) is 0 Å². The maximum Gasteiger partial charge on any atom is 0.217 e. The van der Waals surface area contributed by atoms with Crippen molar-refractivity contribution in [3.05, 3.63) is 0 Å². The molecule has 0 aromatic heterocycles. The molecule has 106 heavy (non-hydrogen) atoms. The fourth-order valence-electron chi connectivity index (χ4n) is 13.5. The highest BCUT2D eigenvalue weighted by molar-refractivity contribution is 5.73. The normalized spacial score (nSPS) is 51.2. The Morgan fingerprint density at radius 1 is 0.245 bits per heavy atom. The van der Waals surface area contributed by atoms with E-state index in [4.69, 9.17) is 80.5 Å². The molecule has 9 rings (SSSR count). The lowest BCUT2D eigenvalue weighted by Crippen LogP contribution is -2.70. The molecule has 616 valence electrons. The van der Waals surface area contributed by atoms with Crippen LogP contribution in [0.1, 0.15) is 13.8 Å². The smallest absolute Gasteiger partial charge is 0.217 e. The molecule has 9 aliphatic heterocycles. The monoisotopic (exact) mass is 1560 g/mol. The molecule has 0 spiro atoms. The Morgan fingerprint density at radius 2 is 0.519 bits per heavy atom. The number of aliphatic hydroxyl groups is 27. The molecule has 9 saturated heterocycles. The first-order chi connectivity index (χ1) is 50.2. The summed E-state index contributed by atoms with van der Waals surface area (Å²) < 4.78 is 98.7. The first-order valence-corrected chi connectivity index (χ1v) is 33.7. The third kappa shape index (κ3) is 18.7. The van der Waals surface area contributed by atoms with Gasteiger partial charge in [-0.15, -0.1) is 0 Å². The number of rotatable bonds is 27. The van der Waals surface area contributed by atoms with Crippen LogP contribution in [0.25, 0.3) is 0 Å². The van der Waals surface area contributed by atoms with Crippen molar-refractivity contribution in [2.45, 2.75) is 290 Å². The van der Waals surface area contributed by atoms with E-state index in [9.17, 15) is 147 Å². The van der Waals surface area contributed by atoms with Crippen molar-refractivity contribution in [3.8, 4) is 0 Å². The minimum Gasteiger partial charge on any atom is -0.394 e. The number of hydrogen-bond acceptors (Lipinski definition) is 46. The van der Waals surface area contributed by atoms with Crippen molar-refractivity contribution >= 4 is 11.8 Å². The summed E-state index contributed by atoms with van der Waals surface area (Å²) in [6, 6.07) is -3.54. The van der Waals surface area contributed by atoms with Crippen LogP contribution in [0.4, 0.5) is 0 Å². The summed E-state index contributed by atoms with van der Waals surface area (Å²) in [4.78, 5) is 25.0. The van der Waals surface area contributed by atoms with E-state index in [2.05, 4.69) is 10.6 Å². The summed E-state index contributed by atoms with van der Waals surface area (Å²) in [5.74, 6) is -1.72. The van der Waals surface area contributed by atoms with Crippen molar-refractivity contribution in [1.82, 2.24) is 10.6 Å². The zero-order valence-corrected chi connectivity index (χ0v) is 56.2. The first kappa shape index (κ1) is 87.2. The minimum atomic E-state index is -2.55. The molecular weight excluding hydrogens is 1460 g/mol. The average molecular weight is 1560 g/mol. The van der Waals surface area contributed by atoms with Crippen LogP contribution < -0.4 is 10.6 Å². The number of carbonyl (C=O) groups excluding carboxylic acids is 2. The molecule has 0 radical (unpaired) electrons. The molecule has 29 N–H and O–H groups in total. The van der Waals surface area contributed by atoms with Crippen LogP contribution in [0, 0.1) is 0 Å². The van der Waals surface area contributed by atoms with E-state index in [1.165, 1.54) is 0 Å². The topological polar surface area (TPSA) is 761 Å². The van der Waals surface area contributed by atoms with Gasteiger partial charge in [-0.05, 0) is 0 Å². The van der Waals surface area contributed by atoms with Crippen molar-refractivity contribution in [2.75, 3.05) is 59.5 Å². The molecule has 9 fully saturated rings. The SMILES string of the molecule is CC(=O)N[C@@H]1[C@@H](O)[C@H](O[C@@H]2O[C@H](CO)[C@@H](O[C@H]3O[C@H](CO[C@H]4O[C@H](CO[C@H]5O[C@H](CO)[C@@H](O)[C@H](O)[C@@H]5O[C@H]5O[C@H](CO)[C@@H](O)[C@H](O)[C@@H]5O)[C@@H](O)[C@H](O)[C@@H]4O)[C@@H](O)[C@H](O[C@H]4O[C@H](CO)[C@@H](O)[C@H](O)[C@@H]4O[C@H]4O[C@H](CO)[C@@H](O)[C@H](O)[C@@H]4O[C@H]4O[C@H](CO)[C@@H](O)[C@H](O)[C@@H]4O)[C@@H]3O)[C@H](O)[C@H]2NC(C)=O)[C@@H](CO)O[C@H]1O. The predicted octanol–water partition coefficient (Wildman–Crippen LogP) is -20.3. The second kappa shape index (κ2) is 37.9. The van der Waals surface area contributed by atoms with E-state index >= 15 is 0 Å². The number of hydrogen-bond donors (Lipinski definition) is 29. The Balaban J connectivity index is 1.01. The van der Waals surface area contributed by atoms with Crippen molar-refractivity contribution in [3.63, 3.8) is 0 Å². The van der Waals surface area contributed by atoms with Gasteiger partial charge < -0.3 is 229 Å². The summed E-state index contributed by atoms with van der Waals surface area (Å²) in [6.45, 7) is -7.60. The first-order valence-electron chi connectivity index (χ1n) is 33.7. The lowest BCUT2D eigenvalue weighted by molar-refractivity contribution is -0.407. The fourth-order valence-corrected chi connectivity index (χ4v) is 13.5. The lowest BCUT2D eigenvalue weighted by Gasteiger charge is -2.51. The highest BCUT2D eigenvalue weighted by atomic mass is 16.8. The summed E-state index contributed by atoms with van der Waals surface area (Å²) >= 11 is 0. The van der Waals surface area contributed by atoms with Gasteiger partial charge in [0.1, 0.15) is 220 Å². The second-order valence-electron chi connectivity index (χ2n) is 26.7. The van der Waals surface area contributed by atoms with Crippen molar-refractivity contribution in [1.29, 1.82) is 0 Å². The van der Waals surface area contributed by atoms with E-state index in [0.29, 0.717) is 0 Å². The summed E-state index contributed by atoms with van der Waals surface area (Å²) in [5, 5.41) is 300. The Hall–Kier alpha value is -2.82. The van der Waals surface area contributed by atoms with E-state index in [-0.39, 0.29) is 0 Å². The molecule has 9 heterocycles. The average Bonchev–Trinajstić information content (AvgIpc) is 0.771. The fraction of sp³-hybridized carbons (Fsp3) is 0.966. The highest BCUT2D eigenvalue weighted by Gasteiger charge is 2.60. The molecule has 0 bridgehead atoms. The maximum absolute atomic E-state index is 12.9. The molecule has 45 atom stereocenters. The molecule has 2 amide bonds. The molecule has 0 aromatic carbocycles. The van der Waals surface area contributed by atoms with E-state index in [0.717, 1.165) is 13.8 Å². The Kier molecular flexibility index (Phi) is 31.1. The van der Waals surface area contributed by atoms with Crippen LogP contribution in [0.3, 0.4) is 0 Å². The molecular formula is C58H98N2O46. The van der Waals surface area contributed by atoms with Gasteiger partial charge in [0.2, 0.25) is 11.8 Å². The van der Waals surface area contributed by atoms with E-state index in [1.807, 2.05) is 0 Å². The number of ether oxygens (including phenoxy) is 17. The van der Waals surface area contributed by atoms with Crippen LogP contribution >= 0.6 is 0 Å². The molecule has 0 aromatic rings. The largest absolute Gasteiger partial charge is 0.394 e. The number of aliphatic hydroxyl groups excluding tert-OH is 27. The highest BCUT2D eigenvalue weighted by Crippen LogP contribution is 2.39. The van der Waals surface area contributed by atoms with Gasteiger partial charge in [0.05, 0.1) is 59.5 Å². The molecule has 0 saturated carbocycles. The van der Waals surface area contributed by atoms with Gasteiger partial charge >= 0.3 is 0 Å². The number of nitrogens with one attached hydrogen (secondary N) is 2. The van der Waals surface area contributed by atoms with Crippen LogP contribution in [0.15, 0.2) is 0 Å². The summed E-state index contributed by atoms with van der Waals surface area (Å²) in [6.07, 6.45) is -89.8. The molecule has 48 heteroatoms. The molecule has 0 unspecified atom stereocenters. The van der Waals surface area contributed by atoms with Gasteiger partial charge in [-0.2, -0.15) is 0 Å². The van der Waals surface area contributed by atoms with E-state index < -0.39 is 348 Å². The van der Waals surface area contributed by atoms with Gasteiger partial charge in [0.25, 0.3) is 0 Å². The van der Waals surface area contributed by atoms with Crippen LogP contribution in [-0.2, 0) is 90.1 Å². The summed E-state index contributed by atoms with van der Waals surface area (Å²) in [5.41, 5.74) is 0. The molecule has 48 nitrogen and oxygen atoms in total. The predicted molar refractivity (Wildman–Crippen MR) is 320 cm³/mol. The van der Waals surface area contributed by atoms with Gasteiger partial charge in [-0.25, -0.2) is 0 Å². The minimum absolute atomic E-state index is 0.782. The van der Waals surface area contributed by atoms with E-state index in [1.54, 1.807) is 0 Å². The van der Waals surface area contributed by atoms with Gasteiger partial charge in [-0.1, -0.05) is 0 Å². The molecule has 9 aliphatic rings. The quantitative estimate of drug-likeness (QED) is 0.0363. The van der Waals surface area contributed by atoms with Gasteiger partial charge in [0.15, 0.2) is 56.6 Å². The third-order valence-corrected chi connectivity index (χ3v) is 19.5. The number of carbonyl (C=O) groups is 2. The third-order valence-electron chi connectivity index (χ3n) is 19.5. The van der Waals surface area contributed by atoms with Crippen molar-refractivity contribution in [2.24, 2.45) is 0 Å². The summed E-state index contributed by atoms with van der Waals surface area (Å²) in [7, 11) is 0. The Bertz CT molecular complexity index is 2710. The van der Waals surface area contributed by atoms with Crippen molar-refractivity contribution < 1.29 is 228 Å². The molecule has 0 aliphatic carbocycles. The lowest BCUT2D eigenvalue weighted by atomic mass is 9.94.